The quantitative estimate of drug-likeness (QED) is 0.710. The van der Waals surface area contributed by atoms with Crippen molar-refractivity contribution in [1.82, 2.24) is 4.90 Å². The largest absolute Gasteiger partial charge is 0.460 e. The molecule has 3 fully saturated rings. The fourth-order valence-corrected chi connectivity index (χ4v) is 5.27. The molecule has 0 unspecified atom stereocenters. The Hall–Kier alpha value is -0.750. The van der Waals surface area contributed by atoms with E-state index in [0.29, 0.717) is 18.1 Å². The fraction of sp³-hybridized carbons (Fsp3) is 0.889. The summed E-state index contributed by atoms with van der Waals surface area (Å²) in [5.74, 6) is 0.968. The average molecular weight is 356 g/mol. The molecule has 136 valence electrons. The number of ether oxygens (including phenoxy) is 2. The Morgan fingerprint density at radius 1 is 1.33 bits per heavy atom. The van der Waals surface area contributed by atoms with Crippen molar-refractivity contribution >= 4 is 23.6 Å². The second-order valence-electron chi connectivity index (χ2n) is 8.46. The van der Waals surface area contributed by atoms with Crippen LogP contribution in [0.25, 0.3) is 0 Å². The number of hydrogen-bond acceptors (Lipinski definition) is 5. The van der Waals surface area contributed by atoms with Crippen molar-refractivity contribution in [2.45, 2.75) is 77.0 Å². The van der Waals surface area contributed by atoms with Gasteiger partial charge in [0.05, 0.1) is 11.0 Å². The molecule has 0 aromatic heterocycles. The van der Waals surface area contributed by atoms with Gasteiger partial charge in [-0.25, -0.2) is 4.79 Å². The number of carbonyl (C=O) groups excluding carboxylic acids is 2. The van der Waals surface area contributed by atoms with Crippen LogP contribution in [0.15, 0.2) is 0 Å². The van der Waals surface area contributed by atoms with E-state index in [1.54, 1.807) is 16.7 Å². The van der Waals surface area contributed by atoms with Gasteiger partial charge in [0.1, 0.15) is 12.1 Å². The van der Waals surface area contributed by atoms with E-state index < -0.39 is 6.04 Å². The average Bonchev–Trinajstić information content (AvgIpc) is 2.98. The molecule has 3 rings (SSSR count). The summed E-state index contributed by atoms with van der Waals surface area (Å²) in [5, 5.41) is 0. The van der Waals surface area contributed by atoms with Gasteiger partial charge in [0.15, 0.2) is 0 Å². The molecule has 0 radical (unpaired) electrons. The Kier molecular flexibility index (Phi) is 4.67. The minimum atomic E-state index is -0.429. The van der Waals surface area contributed by atoms with Crippen LogP contribution in [0.3, 0.4) is 0 Å². The van der Waals surface area contributed by atoms with Crippen molar-refractivity contribution < 1.29 is 19.1 Å². The molecule has 0 spiro atoms. The van der Waals surface area contributed by atoms with E-state index in [-0.39, 0.29) is 34.4 Å². The van der Waals surface area contributed by atoms with E-state index in [0.717, 1.165) is 19.4 Å². The van der Waals surface area contributed by atoms with E-state index in [9.17, 15) is 9.59 Å². The summed E-state index contributed by atoms with van der Waals surface area (Å²) in [6.45, 7) is 11.2. The number of thioether (sulfide) groups is 1. The molecule has 0 N–H and O–H groups in total. The van der Waals surface area contributed by atoms with E-state index in [2.05, 4.69) is 34.6 Å². The smallest absolute Gasteiger partial charge is 0.330 e. The van der Waals surface area contributed by atoms with Crippen molar-refractivity contribution in [2.75, 3.05) is 12.4 Å². The molecule has 2 heterocycles. The summed E-state index contributed by atoms with van der Waals surface area (Å²) >= 11 is 1.70. The maximum absolute atomic E-state index is 12.7. The second-order valence-corrected chi connectivity index (χ2v) is 9.97. The third kappa shape index (κ3) is 2.96. The predicted molar refractivity (Wildman–Crippen MR) is 93.6 cm³/mol. The van der Waals surface area contributed by atoms with E-state index in [1.165, 1.54) is 0 Å². The Labute approximate surface area is 148 Å². The lowest BCUT2D eigenvalue weighted by atomic mass is 9.66. The van der Waals surface area contributed by atoms with E-state index >= 15 is 0 Å². The third-order valence-electron chi connectivity index (χ3n) is 5.69. The van der Waals surface area contributed by atoms with Crippen LogP contribution in [0.4, 0.5) is 0 Å². The summed E-state index contributed by atoms with van der Waals surface area (Å²) in [4.78, 5) is 26.4. The highest BCUT2D eigenvalue weighted by Gasteiger charge is 2.56. The highest BCUT2D eigenvalue weighted by Crippen LogP contribution is 2.49. The predicted octanol–water partition coefficient (Wildman–Crippen LogP) is 2.82. The minimum Gasteiger partial charge on any atom is -0.460 e. The molecule has 1 saturated carbocycles. The normalized spacial score (nSPS) is 37.5. The second kappa shape index (κ2) is 6.20. The van der Waals surface area contributed by atoms with Gasteiger partial charge in [-0.2, -0.15) is 0 Å². The van der Waals surface area contributed by atoms with Gasteiger partial charge in [-0.3, -0.25) is 4.79 Å². The number of carbonyl (C=O) groups is 2. The van der Waals surface area contributed by atoms with Crippen molar-refractivity contribution in [3.05, 3.63) is 0 Å². The Morgan fingerprint density at radius 3 is 2.67 bits per heavy atom. The van der Waals surface area contributed by atoms with Crippen LogP contribution in [0.2, 0.25) is 0 Å². The molecule has 4 atom stereocenters. The van der Waals surface area contributed by atoms with Gasteiger partial charge >= 0.3 is 5.97 Å². The van der Waals surface area contributed by atoms with Crippen LogP contribution < -0.4 is 0 Å². The Morgan fingerprint density at radius 2 is 2.04 bits per heavy atom. The first-order chi connectivity index (χ1) is 11.1. The lowest BCUT2D eigenvalue weighted by molar-refractivity contribution is -0.208. The van der Waals surface area contributed by atoms with Gasteiger partial charge in [0.2, 0.25) is 5.91 Å². The van der Waals surface area contributed by atoms with Crippen molar-refractivity contribution in [3.8, 4) is 0 Å². The summed E-state index contributed by atoms with van der Waals surface area (Å²) in [6, 6.07) is -0.429. The summed E-state index contributed by atoms with van der Waals surface area (Å²) < 4.78 is 11.7. The maximum atomic E-state index is 12.7. The molecule has 0 aromatic carbocycles. The zero-order valence-electron chi connectivity index (χ0n) is 15.3. The zero-order valence-corrected chi connectivity index (χ0v) is 16.1. The molecule has 1 amide bonds. The molecule has 0 bridgehead atoms. The van der Waals surface area contributed by atoms with Crippen LogP contribution in [-0.4, -0.2) is 52.3 Å². The highest BCUT2D eigenvalue weighted by atomic mass is 32.2. The first-order valence-electron chi connectivity index (χ1n) is 8.93. The van der Waals surface area contributed by atoms with Crippen LogP contribution in [-0.2, 0) is 19.1 Å². The van der Waals surface area contributed by atoms with E-state index in [4.69, 9.17) is 9.47 Å². The van der Waals surface area contributed by atoms with Gasteiger partial charge in [0.25, 0.3) is 0 Å². The molecule has 2 aliphatic heterocycles. The van der Waals surface area contributed by atoms with Gasteiger partial charge in [0, 0.05) is 30.6 Å². The number of amides is 1. The molecule has 1 aliphatic carbocycles. The molecule has 0 aromatic rings. The zero-order chi connectivity index (χ0) is 17.7. The van der Waals surface area contributed by atoms with Gasteiger partial charge in [-0.05, 0) is 19.3 Å². The monoisotopic (exact) mass is 355 g/mol. The number of rotatable bonds is 5. The fourth-order valence-electron chi connectivity index (χ4n) is 3.85. The number of fused-ring (bicyclic) bond motifs is 1. The standard InChI is InChI=1S/C18H29NO4S/c1-11(2)9-22-13-8-14(17(13,3)4)23-16(21)12-10-24-18(5)7-6-15(20)19(12)18/h11-14H,6-10H2,1-5H3/t12-,13+,14-,18-/m0/s1. The molecule has 3 aliphatic rings. The number of hydrogen-bond donors (Lipinski definition) is 0. The molecular formula is C18H29NO4S. The lowest BCUT2D eigenvalue weighted by Gasteiger charge is -2.50. The van der Waals surface area contributed by atoms with Gasteiger partial charge in [-0.15, -0.1) is 11.8 Å². The van der Waals surface area contributed by atoms with Gasteiger partial charge in [-0.1, -0.05) is 27.7 Å². The van der Waals surface area contributed by atoms with Crippen LogP contribution >= 0.6 is 11.8 Å². The SMILES string of the molecule is CC(C)CO[C@@H]1C[C@H](OC(=O)[C@@H]2CS[C@@]3(C)CCC(=O)N23)C1(C)C. The first-order valence-corrected chi connectivity index (χ1v) is 9.92. The highest BCUT2D eigenvalue weighted by molar-refractivity contribution is 8.01. The summed E-state index contributed by atoms with van der Waals surface area (Å²) in [6.07, 6.45) is 2.11. The molecule has 6 heteroatoms. The topological polar surface area (TPSA) is 55.8 Å². The van der Waals surface area contributed by atoms with Crippen LogP contribution in [0, 0.1) is 11.3 Å². The first kappa shape index (κ1) is 18.1. The number of esters is 1. The van der Waals surface area contributed by atoms with Crippen molar-refractivity contribution in [2.24, 2.45) is 11.3 Å². The van der Waals surface area contributed by atoms with Crippen LogP contribution in [0.1, 0.15) is 53.9 Å². The molecule has 5 nitrogen and oxygen atoms in total. The van der Waals surface area contributed by atoms with Crippen molar-refractivity contribution in [1.29, 1.82) is 0 Å². The summed E-state index contributed by atoms with van der Waals surface area (Å²) in [7, 11) is 0. The molecular weight excluding hydrogens is 326 g/mol. The molecule has 2 saturated heterocycles. The van der Waals surface area contributed by atoms with Crippen LogP contribution in [0.5, 0.6) is 0 Å². The van der Waals surface area contributed by atoms with Crippen molar-refractivity contribution in [3.63, 3.8) is 0 Å². The summed E-state index contributed by atoms with van der Waals surface area (Å²) in [5.41, 5.74) is -0.172. The van der Waals surface area contributed by atoms with E-state index in [1.807, 2.05) is 0 Å². The maximum Gasteiger partial charge on any atom is 0.330 e. The molecule has 24 heavy (non-hydrogen) atoms. The Balaban J connectivity index is 1.57. The minimum absolute atomic E-state index is 0.0791. The lowest BCUT2D eigenvalue weighted by Crippen LogP contribution is -2.58. The third-order valence-corrected chi connectivity index (χ3v) is 7.20. The number of nitrogens with zero attached hydrogens (tertiary/aromatic N) is 1. The van der Waals surface area contributed by atoms with Gasteiger partial charge < -0.3 is 14.4 Å². The Bertz CT molecular complexity index is 535.